The third kappa shape index (κ3) is 4.14. The summed E-state index contributed by atoms with van der Waals surface area (Å²) in [6, 6.07) is 8.08. The van der Waals surface area contributed by atoms with E-state index >= 15 is 0 Å². The lowest BCUT2D eigenvalue weighted by molar-refractivity contribution is -0.121. The summed E-state index contributed by atoms with van der Waals surface area (Å²) in [6.45, 7) is 4.11. The Kier molecular flexibility index (Phi) is 5.42. The Balaban J connectivity index is 1.73. The van der Waals surface area contributed by atoms with Crippen LogP contribution in [0.25, 0.3) is 6.08 Å². The number of rotatable bonds is 4. The number of carbonyl (C=O) groups excluding carboxylic acids is 1. The molecule has 0 spiro atoms. The van der Waals surface area contributed by atoms with Crippen LogP contribution in [0.4, 0.5) is 5.69 Å². The van der Waals surface area contributed by atoms with E-state index in [-0.39, 0.29) is 5.91 Å². The van der Waals surface area contributed by atoms with Gasteiger partial charge in [0.05, 0.1) is 0 Å². The molecule has 1 aromatic carbocycles. The fourth-order valence-corrected chi connectivity index (χ4v) is 2.93. The van der Waals surface area contributed by atoms with Gasteiger partial charge in [0, 0.05) is 59.2 Å². The average molecular weight is 353 g/mol. The number of amides is 1. The maximum atomic E-state index is 12.5. The highest BCUT2D eigenvalue weighted by atomic mass is 16.2. The molecular weight excluding hydrogens is 326 g/mol. The molecule has 6 heteroatoms. The molecule has 2 aliphatic heterocycles. The highest BCUT2D eigenvalue weighted by Gasteiger charge is 2.25. The van der Waals surface area contributed by atoms with E-state index in [0.717, 1.165) is 37.4 Å². The molecule has 1 saturated heterocycles. The Bertz CT molecular complexity index is 740. The standard InChI is InChI=1S/C20H27N5O/c1-22(2)17-7-5-16(6-8-17)15-18-20(26)24(4)19(21-18)9-10-25-13-11-23(3)12-14-25/h5-10,15H,11-14H2,1-4H3/b10-9+,18-15+. The van der Waals surface area contributed by atoms with Gasteiger partial charge in [0.25, 0.3) is 5.91 Å². The number of anilines is 1. The minimum atomic E-state index is -0.0697. The third-order valence-electron chi connectivity index (χ3n) is 4.79. The van der Waals surface area contributed by atoms with Crippen molar-refractivity contribution in [2.24, 2.45) is 4.99 Å². The zero-order valence-corrected chi connectivity index (χ0v) is 16.0. The molecule has 0 N–H and O–H groups in total. The van der Waals surface area contributed by atoms with E-state index in [4.69, 9.17) is 0 Å². The zero-order chi connectivity index (χ0) is 18.7. The summed E-state index contributed by atoms with van der Waals surface area (Å²) in [5, 5.41) is 0. The van der Waals surface area contributed by atoms with Gasteiger partial charge in [0.15, 0.2) is 0 Å². The molecule has 0 radical (unpaired) electrons. The topological polar surface area (TPSA) is 42.4 Å². The van der Waals surface area contributed by atoms with Crippen molar-refractivity contribution >= 4 is 23.5 Å². The van der Waals surface area contributed by atoms with Crippen molar-refractivity contribution in [2.45, 2.75) is 0 Å². The van der Waals surface area contributed by atoms with E-state index in [2.05, 4.69) is 21.8 Å². The number of nitrogens with zero attached hydrogens (tertiary/aromatic N) is 5. The smallest absolute Gasteiger partial charge is 0.277 e. The van der Waals surface area contributed by atoms with Crippen LogP contribution < -0.4 is 4.90 Å². The number of hydrogen-bond acceptors (Lipinski definition) is 5. The van der Waals surface area contributed by atoms with Gasteiger partial charge in [0.2, 0.25) is 0 Å². The van der Waals surface area contributed by atoms with Gasteiger partial charge in [-0.1, -0.05) is 12.1 Å². The van der Waals surface area contributed by atoms with Crippen LogP contribution in [0.5, 0.6) is 0 Å². The van der Waals surface area contributed by atoms with Gasteiger partial charge in [-0.3, -0.25) is 9.69 Å². The summed E-state index contributed by atoms with van der Waals surface area (Å²) in [7, 11) is 7.92. The van der Waals surface area contributed by atoms with Crippen molar-refractivity contribution in [2.75, 3.05) is 59.3 Å². The fourth-order valence-electron chi connectivity index (χ4n) is 2.93. The average Bonchev–Trinajstić information content (AvgIpc) is 2.90. The lowest BCUT2D eigenvalue weighted by Gasteiger charge is -2.31. The Morgan fingerprint density at radius 1 is 1.04 bits per heavy atom. The number of benzene rings is 1. The molecule has 0 aliphatic carbocycles. The van der Waals surface area contributed by atoms with Gasteiger partial charge in [-0.05, 0) is 36.9 Å². The summed E-state index contributed by atoms with van der Waals surface area (Å²) < 4.78 is 0. The van der Waals surface area contributed by atoms with Crippen LogP contribution in [-0.2, 0) is 4.79 Å². The van der Waals surface area contributed by atoms with Crippen LogP contribution in [0.15, 0.2) is 47.2 Å². The van der Waals surface area contributed by atoms with E-state index in [0.29, 0.717) is 11.5 Å². The van der Waals surface area contributed by atoms with Gasteiger partial charge < -0.3 is 14.7 Å². The Morgan fingerprint density at radius 3 is 2.31 bits per heavy atom. The normalized spacial score (nSPS) is 20.4. The van der Waals surface area contributed by atoms with Gasteiger partial charge in [-0.2, -0.15) is 0 Å². The highest BCUT2D eigenvalue weighted by Crippen LogP contribution is 2.19. The van der Waals surface area contributed by atoms with E-state index in [9.17, 15) is 4.79 Å². The van der Waals surface area contributed by atoms with Gasteiger partial charge >= 0.3 is 0 Å². The fraction of sp³-hybridized carbons (Fsp3) is 0.400. The molecule has 0 saturated carbocycles. The maximum absolute atomic E-state index is 12.5. The first kappa shape index (κ1) is 18.2. The monoisotopic (exact) mass is 353 g/mol. The summed E-state index contributed by atoms with van der Waals surface area (Å²) in [5.41, 5.74) is 2.57. The van der Waals surface area contributed by atoms with Crippen molar-refractivity contribution in [3.05, 3.63) is 47.8 Å². The second-order valence-corrected chi connectivity index (χ2v) is 7.00. The minimum absolute atomic E-state index is 0.0697. The van der Waals surface area contributed by atoms with E-state index in [1.54, 1.807) is 11.9 Å². The Hall–Kier alpha value is -2.60. The second-order valence-electron chi connectivity index (χ2n) is 7.00. The van der Waals surface area contributed by atoms with Crippen molar-refractivity contribution < 1.29 is 4.79 Å². The minimum Gasteiger partial charge on any atom is -0.378 e. The van der Waals surface area contributed by atoms with Crippen LogP contribution in [0, 0.1) is 0 Å². The summed E-state index contributed by atoms with van der Waals surface area (Å²) in [6.07, 6.45) is 5.82. The molecule has 1 amide bonds. The molecule has 0 atom stereocenters. The quantitative estimate of drug-likeness (QED) is 0.773. The molecule has 0 aromatic heterocycles. The molecule has 2 heterocycles. The molecule has 0 bridgehead atoms. The Morgan fingerprint density at radius 2 is 1.69 bits per heavy atom. The first-order valence-corrected chi connectivity index (χ1v) is 8.90. The van der Waals surface area contributed by atoms with Crippen LogP contribution in [0.3, 0.4) is 0 Å². The van der Waals surface area contributed by atoms with Crippen molar-refractivity contribution in [1.29, 1.82) is 0 Å². The molecule has 2 aliphatic rings. The Labute approximate surface area is 155 Å². The highest BCUT2D eigenvalue weighted by molar-refractivity contribution is 6.17. The molecule has 26 heavy (non-hydrogen) atoms. The van der Waals surface area contributed by atoms with Gasteiger partial charge in [-0.15, -0.1) is 0 Å². The predicted octanol–water partition coefficient (Wildman–Crippen LogP) is 1.73. The second kappa shape index (κ2) is 7.74. The largest absolute Gasteiger partial charge is 0.378 e. The van der Waals surface area contributed by atoms with E-state index in [1.807, 2.05) is 61.6 Å². The molecule has 6 nitrogen and oxygen atoms in total. The maximum Gasteiger partial charge on any atom is 0.277 e. The van der Waals surface area contributed by atoms with Crippen LogP contribution >= 0.6 is 0 Å². The van der Waals surface area contributed by atoms with Gasteiger partial charge in [0.1, 0.15) is 11.5 Å². The number of likely N-dealkylation sites (N-methyl/N-ethyl adjacent to an activating group) is 2. The van der Waals surface area contributed by atoms with Crippen molar-refractivity contribution in [1.82, 2.24) is 14.7 Å². The summed E-state index contributed by atoms with van der Waals surface area (Å²) in [5.74, 6) is 0.616. The van der Waals surface area contributed by atoms with E-state index < -0.39 is 0 Å². The molecule has 1 aromatic rings. The van der Waals surface area contributed by atoms with Gasteiger partial charge in [-0.25, -0.2) is 4.99 Å². The molecule has 138 valence electrons. The van der Waals surface area contributed by atoms with Crippen molar-refractivity contribution in [3.8, 4) is 0 Å². The molecular formula is C20H27N5O. The van der Waals surface area contributed by atoms with E-state index in [1.165, 1.54) is 0 Å². The third-order valence-corrected chi connectivity index (χ3v) is 4.79. The van der Waals surface area contributed by atoms with Crippen LogP contribution in [-0.4, -0.2) is 80.8 Å². The molecule has 1 fully saturated rings. The van der Waals surface area contributed by atoms with Crippen molar-refractivity contribution in [3.63, 3.8) is 0 Å². The summed E-state index contributed by atoms with van der Waals surface area (Å²) >= 11 is 0. The number of piperazine rings is 1. The predicted molar refractivity (Wildman–Crippen MR) is 107 cm³/mol. The van der Waals surface area contributed by atoms with Crippen LogP contribution in [0.1, 0.15) is 5.56 Å². The zero-order valence-electron chi connectivity index (χ0n) is 16.0. The lowest BCUT2D eigenvalue weighted by Crippen LogP contribution is -2.41. The molecule has 3 rings (SSSR count). The first-order valence-electron chi connectivity index (χ1n) is 8.90. The molecule has 0 unspecified atom stereocenters. The number of amidine groups is 1. The first-order chi connectivity index (χ1) is 12.4. The number of aliphatic imine (C=N–C) groups is 1. The number of hydrogen-bond donors (Lipinski definition) is 0. The summed E-state index contributed by atoms with van der Waals surface area (Å²) in [4.78, 5) is 25.2. The SMILES string of the molecule is CN1CCN(/C=C/C2=NC(=C/c3ccc(N(C)C)cc3)/C(=O)N2C)CC1. The van der Waals surface area contributed by atoms with Crippen LogP contribution in [0.2, 0.25) is 0 Å². The number of carbonyl (C=O) groups is 1. The lowest BCUT2D eigenvalue weighted by atomic mass is 10.1.